The van der Waals surface area contributed by atoms with Gasteiger partial charge < -0.3 is 10.2 Å². The second kappa shape index (κ2) is 7.04. The lowest BCUT2D eigenvalue weighted by Gasteiger charge is -2.50. The zero-order valence-corrected chi connectivity index (χ0v) is 16.7. The van der Waals surface area contributed by atoms with E-state index in [4.69, 9.17) is 0 Å². The van der Waals surface area contributed by atoms with Gasteiger partial charge in [0.1, 0.15) is 0 Å². The van der Waals surface area contributed by atoms with E-state index in [1.807, 2.05) is 36.9 Å². The molecular weight excluding hydrogens is 350 g/mol. The molecule has 1 atom stereocenters. The molecule has 0 aliphatic carbocycles. The van der Waals surface area contributed by atoms with Crippen LogP contribution >= 0.6 is 0 Å². The summed E-state index contributed by atoms with van der Waals surface area (Å²) in [4.78, 5) is 31.0. The van der Waals surface area contributed by atoms with E-state index in [1.54, 1.807) is 12.4 Å². The van der Waals surface area contributed by atoms with Gasteiger partial charge in [0.25, 0.3) is 5.91 Å². The first-order valence-electron chi connectivity index (χ1n) is 9.98. The van der Waals surface area contributed by atoms with Gasteiger partial charge in [-0.3, -0.25) is 14.6 Å². The molecule has 5 heteroatoms. The van der Waals surface area contributed by atoms with Crippen LogP contribution in [0, 0.1) is 18.3 Å². The third-order valence-corrected chi connectivity index (χ3v) is 6.28. The van der Waals surface area contributed by atoms with Crippen molar-refractivity contribution in [3.05, 3.63) is 53.9 Å². The quantitative estimate of drug-likeness (QED) is 0.834. The van der Waals surface area contributed by atoms with Crippen LogP contribution in [-0.4, -0.2) is 40.8 Å². The summed E-state index contributed by atoms with van der Waals surface area (Å²) in [5.41, 5.74) is 3.56. The van der Waals surface area contributed by atoms with Crippen LogP contribution in [0.4, 0.5) is 0 Å². The van der Waals surface area contributed by atoms with E-state index >= 15 is 0 Å². The molecule has 0 bridgehead atoms. The van der Waals surface area contributed by atoms with E-state index in [0.717, 1.165) is 37.1 Å². The van der Waals surface area contributed by atoms with Crippen molar-refractivity contribution in [2.75, 3.05) is 13.1 Å². The minimum atomic E-state index is -0.289. The summed E-state index contributed by atoms with van der Waals surface area (Å²) in [6, 6.07) is 10.4. The van der Waals surface area contributed by atoms with Crippen LogP contribution in [0.2, 0.25) is 0 Å². The van der Waals surface area contributed by atoms with E-state index in [2.05, 4.69) is 29.4 Å². The van der Waals surface area contributed by atoms with Gasteiger partial charge in [-0.15, -0.1) is 0 Å². The lowest BCUT2D eigenvalue weighted by Crippen LogP contribution is -2.68. The first kappa shape index (κ1) is 18.7. The zero-order chi connectivity index (χ0) is 19.9. The maximum Gasteiger partial charge on any atom is 0.255 e. The van der Waals surface area contributed by atoms with Gasteiger partial charge in [0.15, 0.2) is 0 Å². The molecule has 1 unspecified atom stereocenters. The molecule has 0 saturated carbocycles. The second-order valence-corrected chi connectivity index (χ2v) is 8.63. The van der Waals surface area contributed by atoms with E-state index in [0.29, 0.717) is 11.5 Å². The number of aromatic nitrogens is 1. The Morgan fingerprint density at radius 1 is 1.14 bits per heavy atom. The minimum absolute atomic E-state index is 0.0392. The van der Waals surface area contributed by atoms with Crippen molar-refractivity contribution in [3.63, 3.8) is 0 Å². The number of β-lactam (4-membered cyclic amide) rings is 1. The molecule has 5 nitrogen and oxygen atoms in total. The molecule has 1 N–H and O–H groups in total. The number of aryl methyl sites for hydroxylation is 1. The summed E-state index contributed by atoms with van der Waals surface area (Å²) in [6.45, 7) is 7.52. The number of rotatable bonds is 3. The fraction of sp³-hybridized carbons (Fsp3) is 0.435. The number of nitrogens with zero attached hydrogens (tertiary/aromatic N) is 2. The first-order valence-corrected chi connectivity index (χ1v) is 9.98. The predicted octanol–water partition coefficient (Wildman–Crippen LogP) is 3.43. The van der Waals surface area contributed by atoms with Crippen molar-refractivity contribution >= 4 is 11.8 Å². The second-order valence-electron chi connectivity index (χ2n) is 8.63. The number of amides is 2. The Bertz CT molecular complexity index is 914. The number of nitrogens with one attached hydrogen (secondary N) is 1. The SMILES string of the molecule is Cc1cccc(-c2cncc(C(=O)N3CCC(C4NC(=O)C4(C)C)CC3)c2)c1. The number of benzene rings is 1. The Labute approximate surface area is 166 Å². The molecule has 2 aliphatic rings. The molecule has 0 spiro atoms. The van der Waals surface area contributed by atoms with Crippen molar-refractivity contribution in [3.8, 4) is 11.1 Å². The molecule has 2 amide bonds. The van der Waals surface area contributed by atoms with Crippen LogP contribution in [0.25, 0.3) is 11.1 Å². The molecule has 1 aromatic carbocycles. The number of carbonyl (C=O) groups excluding carboxylic acids is 2. The van der Waals surface area contributed by atoms with Crippen LogP contribution < -0.4 is 5.32 Å². The molecule has 28 heavy (non-hydrogen) atoms. The Balaban J connectivity index is 1.43. The molecule has 2 saturated heterocycles. The van der Waals surface area contributed by atoms with Crippen LogP contribution in [0.1, 0.15) is 42.6 Å². The van der Waals surface area contributed by atoms with E-state index in [-0.39, 0.29) is 23.3 Å². The fourth-order valence-corrected chi connectivity index (χ4v) is 4.44. The molecule has 146 valence electrons. The number of pyridine rings is 1. The summed E-state index contributed by atoms with van der Waals surface area (Å²) in [5, 5.41) is 3.06. The van der Waals surface area contributed by atoms with Crippen molar-refractivity contribution in [2.24, 2.45) is 11.3 Å². The van der Waals surface area contributed by atoms with Crippen molar-refractivity contribution in [2.45, 2.75) is 39.7 Å². The molecule has 0 radical (unpaired) electrons. The van der Waals surface area contributed by atoms with Gasteiger partial charge in [0.05, 0.1) is 11.0 Å². The summed E-state index contributed by atoms with van der Waals surface area (Å²) < 4.78 is 0. The van der Waals surface area contributed by atoms with Gasteiger partial charge in [-0.1, -0.05) is 29.8 Å². The molecular formula is C23H27N3O2. The number of carbonyl (C=O) groups is 2. The number of hydrogen-bond acceptors (Lipinski definition) is 3. The zero-order valence-electron chi connectivity index (χ0n) is 16.7. The van der Waals surface area contributed by atoms with Gasteiger partial charge >= 0.3 is 0 Å². The number of likely N-dealkylation sites (tertiary alicyclic amines) is 1. The predicted molar refractivity (Wildman–Crippen MR) is 109 cm³/mol. The van der Waals surface area contributed by atoms with Crippen LogP contribution in [0.3, 0.4) is 0 Å². The standard InChI is InChI=1S/C23H27N3O2/c1-15-5-4-6-17(11-15)18-12-19(14-24-13-18)21(27)26-9-7-16(8-10-26)20-23(2,3)22(28)25-20/h4-6,11-14,16,20H,7-10H2,1-3H3,(H,25,28). The van der Waals surface area contributed by atoms with Gasteiger partial charge in [-0.2, -0.15) is 0 Å². The van der Waals surface area contributed by atoms with E-state index in [9.17, 15) is 9.59 Å². The Kier molecular flexibility index (Phi) is 4.69. The molecule has 2 aromatic rings. The highest BCUT2D eigenvalue weighted by Crippen LogP contribution is 2.38. The highest BCUT2D eigenvalue weighted by atomic mass is 16.2. The van der Waals surface area contributed by atoms with Crippen LogP contribution in [0.5, 0.6) is 0 Å². The van der Waals surface area contributed by atoms with E-state index < -0.39 is 0 Å². The highest BCUT2D eigenvalue weighted by molar-refractivity contribution is 5.95. The first-order chi connectivity index (χ1) is 13.4. The summed E-state index contributed by atoms with van der Waals surface area (Å²) in [5.74, 6) is 0.612. The fourth-order valence-electron chi connectivity index (χ4n) is 4.44. The Morgan fingerprint density at radius 2 is 1.89 bits per heavy atom. The molecule has 2 aliphatic heterocycles. The normalized spacial score (nSPS) is 21.8. The number of hydrogen-bond donors (Lipinski definition) is 1. The van der Waals surface area contributed by atoms with Gasteiger partial charge in [-0.25, -0.2) is 0 Å². The monoisotopic (exact) mass is 377 g/mol. The lowest BCUT2D eigenvalue weighted by atomic mass is 9.68. The van der Waals surface area contributed by atoms with Crippen LogP contribution in [-0.2, 0) is 4.79 Å². The van der Waals surface area contributed by atoms with Crippen LogP contribution in [0.15, 0.2) is 42.7 Å². The van der Waals surface area contributed by atoms with Crippen molar-refractivity contribution in [1.82, 2.24) is 15.2 Å². The third kappa shape index (κ3) is 3.30. The maximum absolute atomic E-state index is 13.0. The van der Waals surface area contributed by atoms with Gasteiger partial charge in [0, 0.05) is 37.1 Å². The summed E-state index contributed by atoms with van der Waals surface area (Å²) in [7, 11) is 0. The van der Waals surface area contributed by atoms with Gasteiger partial charge in [-0.05, 0) is 51.2 Å². The van der Waals surface area contributed by atoms with E-state index in [1.165, 1.54) is 5.56 Å². The minimum Gasteiger partial charge on any atom is -0.351 e. The Hall–Kier alpha value is -2.69. The van der Waals surface area contributed by atoms with Gasteiger partial charge in [0.2, 0.25) is 5.91 Å². The van der Waals surface area contributed by atoms with Crippen molar-refractivity contribution < 1.29 is 9.59 Å². The average Bonchev–Trinajstić information content (AvgIpc) is 2.71. The highest BCUT2D eigenvalue weighted by Gasteiger charge is 2.51. The average molecular weight is 377 g/mol. The largest absolute Gasteiger partial charge is 0.351 e. The molecule has 1 aromatic heterocycles. The topological polar surface area (TPSA) is 62.3 Å². The molecule has 3 heterocycles. The number of piperidine rings is 1. The summed E-state index contributed by atoms with van der Waals surface area (Å²) in [6.07, 6.45) is 5.30. The Morgan fingerprint density at radius 3 is 2.54 bits per heavy atom. The molecule has 2 fully saturated rings. The summed E-state index contributed by atoms with van der Waals surface area (Å²) >= 11 is 0. The smallest absolute Gasteiger partial charge is 0.255 e. The van der Waals surface area contributed by atoms with Crippen molar-refractivity contribution in [1.29, 1.82) is 0 Å². The third-order valence-electron chi connectivity index (χ3n) is 6.28. The maximum atomic E-state index is 13.0. The molecule has 4 rings (SSSR count). The lowest BCUT2D eigenvalue weighted by molar-refractivity contribution is -0.146.